The molecule has 4 aromatic rings. The summed E-state index contributed by atoms with van der Waals surface area (Å²) in [5.41, 5.74) is 3.50. The summed E-state index contributed by atoms with van der Waals surface area (Å²) in [5.74, 6) is -0.330. The average Bonchev–Trinajstić information content (AvgIpc) is 3.15. The number of hydrogen-bond acceptors (Lipinski definition) is 6. The molecule has 0 radical (unpaired) electrons. The quantitative estimate of drug-likeness (QED) is 0.217. The number of nitrogens with zero attached hydrogens (tertiary/aromatic N) is 2. The van der Waals surface area contributed by atoms with Gasteiger partial charge in [0.2, 0.25) is 0 Å². The Labute approximate surface area is 171 Å². The number of aliphatic hydroxyl groups is 1. The molecular formula is C22H19N3O3S. The Bertz CT molecular complexity index is 1210. The topological polar surface area (TPSA) is 88.1 Å². The van der Waals surface area contributed by atoms with Crippen molar-refractivity contribution in [3.63, 3.8) is 0 Å². The SMILES string of the molecule is COC(=O)/C(=C(/O)CSc1cc(C)c2ccccc2n1)c1nc2ccccc2[nH]1. The number of carbonyl (C=O) groups is 1. The number of para-hydroxylation sites is 3. The van der Waals surface area contributed by atoms with Gasteiger partial charge in [-0.2, -0.15) is 0 Å². The number of H-pyrrole nitrogens is 1. The first-order chi connectivity index (χ1) is 14.1. The van der Waals surface area contributed by atoms with Crippen LogP contribution < -0.4 is 0 Å². The van der Waals surface area contributed by atoms with Crippen molar-refractivity contribution in [2.24, 2.45) is 0 Å². The third kappa shape index (κ3) is 3.82. The first kappa shape index (κ1) is 19.0. The molecule has 2 N–H and O–H groups in total. The maximum Gasteiger partial charge on any atom is 0.345 e. The molecule has 0 amide bonds. The largest absolute Gasteiger partial charge is 0.510 e. The summed E-state index contributed by atoms with van der Waals surface area (Å²) in [6.45, 7) is 2.03. The van der Waals surface area contributed by atoms with Crippen molar-refractivity contribution in [1.29, 1.82) is 0 Å². The van der Waals surface area contributed by atoms with Gasteiger partial charge in [0.05, 0.1) is 34.4 Å². The predicted octanol–water partition coefficient (Wildman–Crippen LogP) is 4.65. The van der Waals surface area contributed by atoms with E-state index in [9.17, 15) is 9.90 Å². The maximum atomic E-state index is 12.3. The molecular weight excluding hydrogens is 386 g/mol. The molecule has 0 aliphatic heterocycles. The lowest BCUT2D eigenvalue weighted by Crippen LogP contribution is -2.09. The Kier molecular flexibility index (Phi) is 5.22. The van der Waals surface area contributed by atoms with Gasteiger partial charge < -0.3 is 14.8 Å². The van der Waals surface area contributed by atoms with Crippen LogP contribution in [-0.4, -0.2) is 38.9 Å². The Balaban J connectivity index is 1.66. The standard InChI is InChI=1S/C22H19N3O3S/c1-13-11-19(23-15-8-4-3-7-14(13)15)29-12-18(26)20(22(27)28-2)21-24-16-9-5-6-10-17(16)25-21/h3-11,26H,12H2,1-2H3,(H,24,25)/b20-18+. The second-order valence-electron chi connectivity index (χ2n) is 6.50. The number of hydrogen-bond donors (Lipinski definition) is 2. The van der Waals surface area contributed by atoms with Crippen molar-refractivity contribution >= 4 is 45.2 Å². The van der Waals surface area contributed by atoms with Crippen LogP contribution in [-0.2, 0) is 9.53 Å². The Morgan fingerprint density at radius 2 is 1.83 bits per heavy atom. The third-order valence-corrected chi connectivity index (χ3v) is 5.48. The van der Waals surface area contributed by atoms with Gasteiger partial charge >= 0.3 is 5.97 Å². The molecule has 2 aromatic heterocycles. The number of nitrogens with one attached hydrogen (secondary N) is 1. The number of esters is 1. The predicted molar refractivity (Wildman–Crippen MR) is 115 cm³/mol. The van der Waals surface area contributed by atoms with Gasteiger partial charge in [-0.15, -0.1) is 0 Å². The number of fused-ring (bicyclic) bond motifs is 2. The number of benzene rings is 2. The number of carbonyl (C=O) groups excluding carboxylic acids is 1. The van der Waals surface area contributed by atoms with E-state index in [2.05, 4.69) is 15.0 Å². The van der Waals surface area contributed by atoms with E-state index in [1.165, 1.54) is 18.9 Å². The van der Waals surface area contributed by atoms with Crippen LogP contribution in [0.15, 0.2) is 65.4 Å². The van der Waals surface area contributed by atoms with E-state index in [0.29, 0.717) is 5.52 Å². The van der Waals surface area contributed by atoms with Crippen molar-refractivity contribution in [3.8, 4) is 0 Å². The summed E-state index contributed by atoms with van der Waals surface area (Å²) < 4.78 is 4.87. The van der Waals surface area contributed by atoms with E-state index in [1.54, 1.807) is 0 Å². The van der Waals surface area contributed by atoms with E-state index in [1.807, 2.05) is 61.5 Å². The zero-order chi connectivity index (χ0) is 20.4. The second kappa shape index (κ2) is 7.97. The lowest BCUT2D eigenvalue weighted by atomic mass is 10.1. The Hall–Kier alpha value is -3.32. The number of imidazole rings is 1. The van der Waals surface area contributed by atoms with E-state index in [4.69, 9.17) is 4.74 Å². The first-order valence-corrected chi connectivity index (χ1v) is 10.00. The van der Waals surface area contributed by atoms with Gasteiger partial charge in [0.15, 0.2) is 0 Å². The molecule has 0 fully saturated rings. The lowest BCUT2D eigenvalue weighted by molar-refractivity contribution is -0.133. The number of aromatic nitrogens is 3. The minimum absolute atomic E-state index is 0.0220. The molecule has 2 aromatic carbocycles. The van der Waals surface area contributed by atoms with Crippen LogP contribution in [0.4, 0.5) is 0 Å². The second-order valence-corrected chi connectivity index (χ2v) is 7.49. The van der Waals surface area contributed by atoms with Crippen molar-refractivity contribution < 1.29 is 14.6 Å². The van der Waals surface area contributed by atoms with Crippen molar-refractivity contribution in [2.75, 3.05) is 12.9 Å². The van der Waals surface area contributed by atoms with Crippen LogP contribution in [0.3, 0.4) is 0 Å². The zero-order valence-corrected chi connectivity index (χ0v) is 16.8. The van der Waals surface area contributed by atoms with Crippen LogP contribution in [0, 0.1) is 6.92 Å². The maximum absolute atomic E-state index is 12.3. The van der Waals surface area contributed by atoms with Crippen LogP contribution in [0.1, 0.15) is 11.4 Å². The number of pyridine rings is 1. The minimum atomic E-state index is -0.648. The molecule has 0 bridgehead atoms. The van der Waals surface area contributed by atoms with Crippen LogP contribution >= 0.6 is 11.8 Å². The zero-order valence-electron chi connectivity index (χ0n) is 16.0. The van der Waals surface area contributed by atoms with Crippen molar-refractivity contribution in [1.82, 2.24) is 15.0 Å². The highest BCUT2D eigenvalue weighted by Gasteiger charge is 2.22. The third-order valence-electron chi connectivity index (χ3n) is 4.56. The highest BCUT2D eigenvalue weighted by Crippen LogP contribution is 2.27. The summed E-state index contributed by atoms with van der Waals surface area (Å²) in [6.07, 6.45) is 0. The van der Waals surface area contributed by atoms with E-state index < -0.39 is 5.97 Å². The molecule has 4 rings (SSSR count). The number of rotatable bonds is 5. The molecule has 0 unspecified atom stereocenters. The van der Waals surface area contributed by atoms with Gasteiger partial charge in [-0.25, -0.2) is 14.8 Å². The molecule has 146 valence electrons. The van der Waals surface area contributed by atoms with Crippen LogP contribution in [0.5, 0.6) is 0 Å². The van der Waals surface area contributed by atoms with Crippen molar-refractivity contribution in [3.05, 3.63) is 71.7 Å². The molecule has 0 spiro atoms. The molecule has 2 heterocycles. The average molecular weight is 405 g/mol. The number of ether oxygens (including phenoxy) is 1. The van der Waals surface area contributed by atoms with Gasteiger partial charge in [-0.05, 0) is 36.8 Å². The highest BCUT2D eigenvalue weighted by molar-refractivity contribution is 7.99. The number of methoxy groups -OCH3 is 1. The lowest BCUT2D eigenvalue weighted by Gasteiger charge is -2.08. The Morgan fingerprint density at radius 1 is 1.10 bits per heavy atom. The van der Waals surface area contributed by atoms with E-state index in [0.717, 1.165) is 27.0 Å². The summed E-state index contributed by atoms with van der Waals surface area (Å²) in [6, 6.07) is 17.3. The normalized spacial score (nSPS) is 12.2. The molecule has 0 aliphatic carbocycles. The summed E-state index contributed by atoms with van der Waals surface area (Å²) >= 11 is 1.35. The van der Waals surface area contributed by atoms with Gasteiger partial charge in [-0.3, -0.25) is 0 Å². The van der Waals surface area contributed by atoms with Gasteiger partial charge in [0.1, 0.15) is 17.2 Å². The van der Waals surface area contributed by atoms with Crippen molar-refractivity contribution in [2.45, 2.75) is 11.9 Å². The Morgan fingerprint density at radius 3 is 2.59 bits per heavy atom. The van der Waals surface area contributed by atoms with Gasteiger partial charge in [0.25, 0.3) is 0 Å². The molecule has 0 saturated heterocycles. The summed E-state index contributed by atoms with van der Waals surface area (Å²) in [4.78, 5) is 24.5. The minimum Gasteiger partial charge on any atom is -0.510 e. The summed E-state index contributed by atoms with van der Waals surface area (Å²) in [5, 5.41) is 12.6. The fourth-order valence-corrected chi connectivity index (χ4v) is 3.98. The molecule has 0 atom stereocenters. The fraction of sp³-hybridized carbons (Fsp3) is 0.136. The molecule has 0 saturated carbocycles. The molecule has 29 heavy (non-hydrogen) atoms. The monoisotopic (exact) mass is 405 g/mol. The number of aliphatic hydroxyl groups excluding tert-OH is 1. The van der Waals surface area contributed by atoms with Crippen LogP contribution in [0.25, 0.3) is 27.5 Å². The van der Waals surface area contributed by atoms with Gasteiger partial charge in [0, 0.05) is 5.39 Å². The first-order valence-electron chi connectivity index (χ1n) is 9.01. The number of aryl methyl sites for hydroxylation is 1. The number of thioether (sulfide) groups is 1. The molecule has 6 nitrogen and oxygen atoms in total. The van der Waals surface area contributed by atoms with E-state index in [-0.39, 0.29) is 22.9 Å². The molecule has 7 heteroatoms. The molecule has 0 aliphatic rings. The number of aromatic amines is 1. The smallest absolute Gasteiger partial charge is 0.345 e. The summed E-state index contributed by atoms with van der Waals surface area (Å²) in [7, 11) is 1.28. The van der Waals surface area contributed by atoms with E-state index >= 15 is 0 Å². The highest BCUT2D eigenvalue weighted by atomic mass is 32.2. The fourth-order valence-electron chi connectivity index (χ4n) is 3.13. The van der Waals surface area contributed by atoms with Gasteiger partial charge in [-0.1, -0.05) is 42.1 Å². The van der Waals surface area contributed by atoms with Crippen LogP contribution in [0.2, 0.25) is 0 Å².